The third-order valence-electron chi connectivity index (χ3n) is 1.95. The molecule has 0 unspecified atom stereocenters. The van der Waals surface area contributed by atoms with Gasteiger partial charge in [-0.15, -0.1) is 0 Å². The van der Waals surface area contributed by atoms with Crippen LogP contribution in [-0.2, 0) is 14.8 Å². The van der Waals surface area contributed by atoms with Crippen molar-refractivity contribution in [3.8, 4) is 0 Å². The second-order valence-electron chi connectivity index (χ2n) is 4.14. The lowest BCUT2D eigenvalue weighted by Gasteiger charge is -2.08. The van der Waals surface area contributed by atoms with Crippen molar-refractivity contribution in [2.24, 2.45) is 5.92 Å². The van der Waals surface area contributed by atoms with Gasteiger partial charge in [-0.05, 0) is 5.92 Å². The normalized spacial score (nSPS) is 11.9. The van der Waals surface area contributed by atoms with Crippen LogP contribution in [0.3, 0.4) is 0 Å². The molecule has 3 N–H and O–H groups in total. The molecule has 8 heteroatoms. The Bertz CT molecular complexity index is 459. The van der Waals surface area contributed by atoms with Crippen LogP contribution in [0.4, 0.5) is 5.95 Å². The summed E-state index contributed by atoms with van der Waals surface area (Å²) in [6.07, 6.45) is 2.33. The number of anilines is 1. The summed E-state index contributed by atoms with van der Waals surface area (Å²) in [5.41, 5.74) is 5.28. The van der Waals surface area contributed by atoms with Gasteiger partial charge in [0.05, 0.1) is 19.0 Å². The van der Waals surface area contributed by atoms with Crippen LogP contribution in [-0.4, -0.2) is 38.1 Å². The van der Waals surface area contributed by atoms with E-state index in [4.69, 9.17) is 10.5 Å². The Morgan fingerprint density at radius 3 is 2.56 bits per heavy atom. The quantitative estimate of drug-likeness (QED) is 0.678. The molecule has 102 valence electrons. The van der Waals surface area contributed by atoms with E-state index in [9.17, 15) is 8.42 Å². The molecule has 0 atom stereocenters. The number of aromatic nitrogens is 2. The highest BCUT2D eigenvalue weighted by molar-refractivity contribution is 7.89. The first-order valence-corrected chi connectivity index (χ1v) is 7.05. The highest BCUT2D eigenvalue weighted by Gasteiger charge is 2.14. The van der Waals surface area contributed by atoms with E-state index in [1.165, 1.54) is 12.4 Å². The zero-order valence-electron chi connectivity index (χ0n) is 10.5. The topological polar surface area (TPSA) is 107 Å². The van der Waals surface area contributed by atoms with Gasteiger partial charge in [-0.1, -0.05) is 13.8 Å². The van der Waals surface area contributed by atoms with E-state index in [2.05, 4.69) is 14.7 Å². The average molecular weight is 274 g/mol. The van der Waals surface area contributed by atoms with Crippen molar-refractivity contribution in [2.75, 3.05) is 25.5 Å². The maximum atomic E-state index is 11.8. The van der Waals surface area contributed by atoms with Gasteiger partial charge in [0.2, 0.25) is 16.0 Å². The number of nitrogens with two attached hydrogens (primary N) is 1. The second kappa shape index (κ2) is 6.62. The van der Waals surface area contributed by atoms with Gasteiger partial charge >= 0.3 is 0 Å². The van der Waals surface area contributed by atoms with E-state index < -0.39 is 10.0 Å². The van der Waals surface area contributed by atoms with E-state index in [0.29, 0.717) is 19.1 Å². The molecule has 0 aliphatic rings. The second-order valence-corrected chi connectivity index (χ2v) is 5.91. The van der Waals surface area contributed by atoms with E-state index >= 15 is 0 Å². The van der Waals surface area contributed by atoms with Crippen molar-refractivity contribution in [3.05, 3.63) is 12.4 Å². The molecule has 1 aromatic rings. The first-order valence-electron chi connectivity index (χ1n) is 5.57. The maximum Gasteiger partial charge on any atom is 0.243 e. The molecule has 0 fully saturated rings. The first-order chi connectivity index (χ1) is 8.42. The highest BCUT2D eigenvalue weighted by atomic mass is 32.2. The summed E-state index contributed by atoms with van der Waals surface area (Å²) in [5.74, 6) is 0.460. The molecule has 0 aliphatic heterocycles. The summed E-state index contributed by atoms with van der Waals surface area (Å²) in [4.78, 5) is 7.25. The molecule has 1 aromatic heterocycles. The molecular weight excluding hydrogens is 256 g/mol. The minimum absolute atomic E-state index is 0.0134. The zero-order valence-corrected chi connectivity index (χ0v) is 11.3. The number of sulfonamides is 1. The number of ether oxygens (including phenoxy) is 1. The van der Waals surface area contributed by atoms with Gasteiger partial charge in [0.15, 0.2) is 0 Å². The Balaban J connectivity index is 2.43. The summed E-state index contributed by atoms with van der Waals surface area (Å²) in [7, 11) is -3.59. The fraction of sp³-hybridized carbons (Fsp3) is 0.600. The molecule has 7 nitrogen and oxygen atoms in total. The maximum absolute atomic E-state index is 11.8. The van der Waals surface area contributed by atoms with Crippen LogP contribution >= 0.6 is 0 Å². The molecule has 0 bridgehead atoms. The summed E-state index contributed by atoms with van der Waals surface area (Å²) in [5, 5.41) is 0. The van der Waals surface area contributed by atoms with Crippen molar-refractivity contribution in [3.63, 3.8) is 0 Å². The molecule has 0 amide bonds. The smallest absolute Gasteiger partial charge is 0.243 e. The van der Waals surface area contributed by atoms with Crippen molar-refractivity contribution >= 4 is 16.0 Å². The van der Waals surface area contributed by atoms with Crippen LogP contribution in [0.5, 0.6) is 0 Å². The molecule has 0 aliphatic carbocycles. The SMILES string of the molecule is CC(C)COCCNS(=O)(=O)c1cnc(N)nc1. The largest absolute Gasteiger partial charge is 0.380 e. The van der Waals surface area contributed by atoms with Gasteiger partial charge in [0, 0.05) is 13.2 Å². The lowest BCUT2D eigenvalue weighted by Crippen LogP contribution is -2.28. The standard InChI is InChI=1S/C10H18N4O3S/c1-8(2)7-17-4-3-14-18(15,16)9-5-12-10(11)13-6-9/h5-6,8,14H,3-4,7H2,1-2H3,(H2,11,12,13). The van der Waals surface area contributed by atoms with Gasteiger partial charge in [-0.3, -0.25) is 0 Å². The highest BCUT2D eigenvalue weighted by Crippen LogP contribution is 2.05. The number of hydrogen-bond donors (Lipinski definition) is 2. The summed E-state index contributed by atoms with van der Waals surface area (Å²) < 4.78 is 31.2. The van der Waals surface area contributed by atoms with Crippen LogP contribution in [0.25, 0.3) is 0 Å². The predicted molar refractivity (Wildman–Crippen MR) is 67.3 cm³/mol. The first kappa shape index (κ1) is 14.8. The van der Waals surface area contributed by atoms with Crippen LogP contribution in [0, 0.1) is 5.92 Å². The number of nitrogens with one attached hydrogen (secondary N) is 1. The molecule has 0 radical (unpaired) electrons. The van der Waals surface area contributed by atoms with Gasteiger partial charge in [-0.2, -0.15) is 0 Å². The minimum Gasteiger partial charge on any atom is -0.380 e. The number of rotatable bonds is 7. The third kappa shape index (κ3) is 4.94. The Morgan fingerprint density at radius 1 is 1.39 bits per heavy atom. The fourth-order valence-corrected chi connectivity index (χ4v) is 2.02. The minimum atomic E-state index is -3.59. The Labute approximate surface area is 107 Å². The van der Waals surface area contributed by atoms with Gasteiger partial charge < -0.3 is 10.5 Å². The van der Waals surface area contributed by atoms with Crippen molar-refractivity contribution < 1.29 is 13.2 Å². The monoisotopic (exact) mass is 274 g/mol. The lowest BCUT2D eigenvalue weighted by atomic mass is 10.2. The van der Waals surface area contributed by atoms with Gasteiger partial charge in [0.25, 0.3) is 0 Å². The molecule has 0 saturated carbocycles. The Hall–Kier alpha value is -1.25. The molecule has 0 spiro atoms. The zero-order chi connectivity index (χ0) is 13.6. The van der Waals surface area contributed by atoms with Crippen molar-refractivity contribution in [1.82, 2.24) is 14.7 Å². The van der Waals surface area contributed by atoms with E-state index in [1.54, 1.807) is 0 Å². The molecular formula is C10H18N4O3S. The third-order valence-corrected chi connectivity index (χ3v) is 3.36. The molecule has 18 heavy (non-hydrogen) atoms. The van der Waals surface area contributed by atoms with Gasteiger partial charge in [0.1, 0.15) is 4.90 Å². The lowest BCUT2D eigenvalue weighted by molar-refractivity contribution is 0.114. The van der Waals surface area contributed by atoms with Crippen LogP contribution in [0.2, 0.25) is 0 Å². The summed E-state index contributed by atoms with van der Waals surface area (Å²) >= 11 is 0. The van der Waals surface area contributed by atoms with Crippen LogP contribution in [0.1, 0.15) is 13.8 Å². The van der Waals surface area contributed by atoms with Crippen molar-refractivity contribution in [1.29, 1.82) is 0 Å². The van der Waals surface area contributed by atoms with Gasteiger partial charge in [-0.25, -0.2) is 23.1 Å². The number of hydrogen-bond acceptors (Lipinski definition) is 6. The Kier molecular flexibility index (Phi) is 5.45. The summed E-state index contributed by atoms with van der Waals surface area (Å²) in [6, 6.07) is 0. The average Bonchev–Trinajstić information content (AvgIpc) is 2.28. The molecule has 0 aromatic carbocycles. The number of nitrogens with zero attached hydrogens (tertiary/aromatic N) is 2. The molecule has 0 saturated heterocycles. The van der Waals surface area contributed by atoms with E-state index in [1.807, 2.05) is 13.8 Å². The van der Waals surface area contributed by atoms with Crippen LogP contribution < -0.4 is 10.5 Å². The summed E-state index contributed by atoms with van der Waals surface area (Å²) in [6.45, 7) is 5.19. The van der Waals surface area contributed by atoms with Crippen molar-refractivity contribution in [2.45, 2.75) is 18.7 Å². The van der Waals surface area contributed by atoms with E-state index in [-0.39, 0.29) is 17.4 Å². The molecule has 1 heterocycles. The Morgan fingerprint density at radius 2 is 2.00 bits per heavy atom. The molecule has 1 rings (SSSR count). The fourth-order valence-electron chi connectivity index (χ4n) is 1.12. The van der Waals surface area contributed by atoms with E-state index in [0.717, 1.165) is 0 Å². The predicted octanol–water partition coefficient (Wildman–Crippen LogP) is 0.00970. The number of nitrogen functional groups attached to an aromatic ring is 1. The van der Waals surface area contributed by atoms with Crippen LogP contribution in [0.15, 0.2) is 17.3 Å².